The summed E-state index contributed by atoms with van der Waals surface area (Å²) in [4.78, 5) is 33.5. The van der Waals surface area contributed by atoms with Crippen LogP contribution in [0.25, 0.3) is 6.08 Å². The Bertz CT molecular complexity index is 722. The van der Waals surface area contributed by atoms with Gasteiger partial charge >= 0.3 is 0 Å². The lowest BCUT2D eigenvalue weighted by atomic mass is 10.2. The Morgan fingerprint density at radius 2 is 1.91 bits per heavy atom. The van der Waals surface area contributed by atoms with E-state index in [1.807, 2.05) is 0 Å². The number of hydrogen-bond acceptors (Lipinski definition) is 5. The van der Waals surface area contributed by atoms with Crippen molar-refractivity contribution < 1.29 is 18.9 Å². The van der Waals surface area contributed by atoms with Crippen LogP contribution < -0.4 is 10.9 Å². The molecule has 0 aliphatic rings. The first-order valence-corrected chi connectivity index (χ1v) is 6.13. The van der Waals surface area contributed by atoms with E-state index in [-0.39, 0.29) is 11.3 Å². The number of rotatable bonds is 4. The predicted octanol–water partition coefficient (Wildman–Crippen LogP) is 1.66. The summed E-state index contributed by atoms with van der Waals surface area (Å²) in [6.07, 6.45) is 4.01. The maximum atomic E-state index is 11.8. The molecule has 0 saturated carbocycles. The van der Waals surface area contributed by atoms with Gasteiger partial charge in [-0.1, -0.05) is 12.1 Å². The van der Waals surface area contributed by atoms with Gasteiger partial charge in [0.2, 0.25) is 0 Å². The average molecular weight is 301 g/mol. The minimum Gasteiger partial charge on any atom is -0.465 e. The van der Waals surface area contributed by atoms with E-state index in [0.29, 0.717) is 5.76 Å². The molecule has 2 aromatic rings. The SMILES string of the molecule is O=C(C=Cc1ccco1)NNC(=O)c1ccccc1[N+](=O)[O-]. The number of furan rings is 1. The lowest BCUT2D eigenvalue weighted by molar-refractivity contribution is -0.385. The molecule has 112 valence electrons. The highest BCUT2D eigenvalue weighted by Gasteiger charge is 2.19. The molecule has 8 heteroatoms. The molecule has 2 N–H and O–H groups in total. The van der Waals surface area contributed by atoms with Gasteiger partial charge in [0.15, 0.2) is 0 Å². The second-order valence-corrected chi connectivity index (χ2v) is 4.07. The molecule has 2 amide bonds. The summed E-state index contributed by atoms with van der Waals surface area (Å²) < 4.78 is 4.99. The van der Waals surface area contributed by atoms with Crippen molar-refractivity contribution >= 4 is 23.6 Å². The van der Waals surface area contributed by atoms with Gasteiger partial charge in [-0.3, -0.25) is 30.6 Å². The fraction of sp³-hybridized carbons (Fsp3) is 0. The van der Waals surface area contributed by atoms with Crippen molar-refractivity contribution in [2.75, 3.05) is 0 Å². The fourth-order valence-electron chi connectivity index (χ4n) is 1.60. The number of nitro groups is 1. The van der Waals surface area contributed by atoms with Crippen LogP contribution in [0.4, 0.5) is 5.69 Å². The van der Waals surface area contributed by atoms with Crippen molar-refractivity contribution in [3.63, 3.8) is 0 Å². The van der Waals surface area contributed by atoms with Gasteiger partial charge in [-0.15, -0.1) is 0 Å². The third kappa shape index (κ3) is 3.79. The van der Waals surface area contributed by atoms with Crippen molar-refractivity contribution in [1.82, 2.24) is 10.9 Å². The van der Waals surface area contributed by atoms with Gasteiger partial charge in [-0.2, -0.15) is 0 Å². The van der Waals surface area contributed by atoms with Crippen LogP contribution in [0.5, 0.6) is 0 Å². The quantitative estimate of drug-likeness (QED) is 0.506. The van der Waals surface area contributed by atoms with Gasteiger partial charge in [0, 0.05) is 12.1 Å². The van der Waals surface area contributed by atoms with Gasteiger partial charge in [-0.25, -0.2) is 0 Å². The number of nitrogens with zero attached hydrogens (tertiary/aromatic N) is 1. The lowest BCUT2D eigenvalue weighted by Gasteiger charge is -2.05. The Kier molecular flexibility index (Phi) is 4.66. The van der Waals surface area contributed by atoms with E-state index in [4.69, 9.17) is 4.42 Å². The molecule has 22 heavy (non-hydrogen) atoms. The van der Waals surface area contributed by atoms with Crippen molar-refractivity contribution in [2.24, 2.45) is 0 Å². The first kappa shape index (κ1) is 15.0. The lowest BCUT2D eigenvalue weighted by Crippen LogP contribution is -2.40. The van der Waals surface area contributed by atoms with E-state index in [1.54, 1.807) is 12.1 Å². The minimum atomic E-state index is -0.785. The van der Waals surface area contributed by atoms with Crippen molar-refractivity contribution in [3.8, 4) is 0 Å². The zero-order chi connectivity index (χ0) is 15.9. The molecule has 0 atom stereocenters. The number of nitrogens with one attached hydrogen (secondary N) is 2. The second kappa shape index (κ2) is 6.84. The van der Waals surface area contributed by atoms with Gasteiger partial charge in [0.25, 0.3) is 17.5 Å². The molecular formula is C14H11N3O5. The van der Waals surface area contributed by atoms with Crippen molar-refractivity contribution in [3.05, 3.63) is 70.2 Å². The molecule has 1 aromatic carbocycles. The van der Waals surface area contributed by atoms with Crippen molar-refractivity contribution in [2.45, 2.75) is 0 Å². The Morgan fingerprint density at radius 1 is 1.14 bits per heavy atom. The summed E-state index contributed by atoms with van der Waals surface area (Å²) >= 11 is 0. The van der Waals surface area contributed by atoms with Gasteiger partial charge < -0.3 is 4.42 Å². The van der Waals surface area contributed by atoms with Crippen LogP contribution in [0.2, 0.25) is 0 Å². The number of benzene rings is 1. The van der Waals surface area contributed by atoms with Crippen LogP contribution >= 0.6 is 0 Å². The molecule has 1 aromatic heterocycles. The van der Waals surface area contributed by atoms with E-state index >= 15 is 0 Å². The zero-order valence-corrected chi connectivity index (χ0v) is 11.2. The van der Waals surface area contributed by atoms with E-state index in [1.165, 1.54) is 36.6 Å². The van der Waals surface area contributed by atoms with E-state index < -0.39 is 16.7 Å². The third-order valence-corrected chi connectivity index (χ3v) is 2.59. The number of carbonyl (C=O) groups is 2. The number of carbonyl (C=O) groups excluding carboxylic acids is 2. The first-order valence-electron chi connectivity index (χ1n) is 6.13. The molecule has 0 spiro atoms. The third-order valence-electron chi connectivity index (χ3n) is 2.59. The summed E-state index contributed by atoms with van der Waals surface area (Å²) in [5.41, 5.74) is 3.72. The normalized spacial score (nSPS) is 10.4. The van der Waals surface area contributed by atoms with E-state index in [2.05, 4.69) is 10.9 Å². The summed E-state index contributed by atoms with van der Waals surface area (Å²) in [7, 11) is 0. The van der Waals surface area contributed by atoms with Crippen LogP contribution in [-0.4, -0.2) is 16.7 Å². The molecule has 0 fully saturated rings. The molecule has 0 unspecified atom stereocenters. The molecule has 0 bridgehead atoms. The average Bonchev–Trinajstić information content (AvgIpc) is 3.04. The Labute approximate surface area is 124 Å². The first-order chi connectivity index (χ1) is 10.6. The summed E-state index contributed by atoms with van der Waals surface area (Å²) in [6.45, 7) is 0. The maximum Gasteiger partial charge on any atom is 0.282 e. The van der Waals surface area contributed by atoms with Gasteiger partial charge in [0.05, 0.1) is 11.2 Å². The Morgan fingerprint density at radius 3 is 2.59 bits per heavy atom. The van der Waals surface area contributed by atoms with Crippen LogP contribution in [0, 0.1) is 10.1 Å². The molecule has 8 nitrogen and oxygen atoms in total. The molecule has 0 aliphatic heterocycles. The monoisotopic (exact) mass is 301 g/mol. The summed E-state index contributed by atoms with van der Waals surface area (Å²) in [5.74, 6) is -0.921. The smallest absolute Gasteiger partial charge is 0.282 e. The highest BCUT2D eigenvalue weighted by atomic mass is 16.6. The molecule has 1 heterocycles. The number of hydrogen-bond donors (Lipinski definition) is 2. The summed E-state index contributed by atoms with van der Waals surface area (Å²) in [6, 6.07) is 8.73. The molecular weight excluding hydrogens is 290 g/mol. The number of para-hydroxylation sites is 1. The highest BCUT2D eigenvalue weighted by molar-refractivity contribution is 6.00. The number of hydrazine groups is 1. The van der Waals surface area contributed by atoms with E-state index in [0.717, 1.165) is 6.08 Å². The maximum absolute atomic E-state index is 11.8. The van der Waals surface area contributed by atoms with Gasteiger partial charge in [0.1, 0.15) is 11.3 Å². The van der Waals surface area contributed by atoms with Crippen molar-refractivity contribution in [1.29, 1.82) is 0 Å². The summed E-state index contributed by atoms with van der Waals surface area (Å²) in [5, 5.41) is 10.8. The topological polar surface area (TPSA) is 114 Å². The minimum absolute atomic E-state index is 0.150. The standard InChI is InChI=1S/C14H11N3O5/c18-13(8-7-10-4-3-9-22-10)15-16-14(19)11-5-1-2-6-12(11)17(20)21/h1-9H,(H,15,18)(H,16,19). The molecule has 0 aliphatic carbocycles. The molecule has 0 saturated heterocycles. The Hall–Kier alpha value is -3.42. The second-order valence-electron chi connectivity index (χ2n) is 4.07. The Balaban J connectivity index is 1.95. The predicted molar refractivity (Wildman–Crippen MR) is 76.4 cm³/mol. The zero-order valence-electron chi connectivity index (χ0n) is 11.2. The molecule has 0 radical (unpaired) electrons. The largest absolute Gasteiger partial charge is 0.465 e. The number of amides is 2. The van der Waals surface area contributed by atoms with Crippen LogP contribution in [0.3, 0.4) is 0 Å². The number of nitro benzene ring substituents is 1. The van der Waals surface area contributed by atoms with Crippen LogP contribution in [0.15, 0.2) is 53.2 Å². The highest BCUT2D eigenvalue weighted by Crippen LogP contribution is 2.16. The van der Waals surface area contributed by atoms with E-state index in [9.17, 15) is 19.7 Å². The van der Waals surface area contributed by atoms with Crippen LogP contribution in [-0.2, 0) is 4.79 Å². The fourth-order valence-corrected chi connectivity index (χ4v) is 1.60. The molecule has 2 rings (SSSR count). The van der Waals surface area contributed by atoms with Gasteiger partial charge in [-0.05, 0) is 24.3 Å². The van der Waals surface area contributed by atoms with Crippen LogP contribution in [0.1, 0.15) is 16.1 Å².